The molecule has 5 nitrogen and oxygen atoms in total. The molecule has 1 atom stereocenters. The first-order valence-corrected chi connectivity index (χ1v) is 7.64. The molecule has 0 aliphatic rings. The summed E-state index contributed by atoms with van der Waals surface area (Å²) in [5, 5.41) is 3.94. The summed E-state index contributed by atoms with van der Waals surface area (Å²) >= 11 is 7.50. The van der Waals surface area contributed by atoms with Gasteiger partial charge < -0.3 is 9.26 Å². The van der Waals surface area contributed by atoms with Crippen LogP contribution in [0.25, 0.3) is 0 Å². The first-order valence-electron chi connectivity index (χ1n) is 6.45. The van der Waals surface area contributed by atoms with Gasteiger partial charge in [-0.05, 0) is 33.0 Å². The van der Waals surface area contributed by atoms with Crippen LogP contribution >= 0.6 is 22.9 Å². The summed E-state index contributed by atoms with van der Waals surface area (Å²) in [5.74, 6) is 1.19. The summed E-state index contributed by atoms with van der Waals surface area (Å²) in [5.41, 5.74) is 0. The molecule has 0 N–H and O–H groups in total. The zero-order valence-electron chi connectivity index (χ0n) is 11.8. The second kappa shape index (κ2) is 7.17. The van der Waals surface area contributed by atoms with Crippen molar-refractivity contribution in [2.24, 2.45) is 0 Å². The summed E-state index contributed by atoms with van der Waals surface area (Å²) in [6.45, 7) is 5.88. The van der Waals surface area contributed by atoms with Crippen LogP contribution in [0.15, 0.2) is 16.7 Å². The summed E-state index contributed by atoms with van der Waals surface area (Å²) in [6, 6.07) is 3.93. The molecule has 2 rings (SSSR count). The van der Waals surface area contributed by atoms with Gasteiger partial charge in [0.05, 0.1) is 10.9 Å². The summed E-state index contributed by atoms with van der Waals surface area (Å²) in [4.78, 5) is 7.66. The van der Waals surface area contributed by atoms with Crippen molar-refractivity contribution < 1.29 is 9.26 Å². The van der Waals surface area contributed by atoms with Crippen LogP contribution in [0.3, 0.4) is 0 Å². The van der Waals surface area contributed by atoms with Crippen LogP contribution in [-0.2, 0) is 17.8 Å². The van der Waals surface area contributed by atoms with Crippen LogP contribution in [0, 0.1) is 0 Å². The van der Waals surface area contributed by atoms with Crippen molar-refractivity contribution in [2.45, 2.75) is 33.0 Å². The normalized spacial score (nSPS) is 13.1. The van der Waals surface area contributed by atoms with Crippen LogP contribution in [-0.4, -0.2) is 28.7 Å². The van der Waals surface area contributed by atoms with Crippen LogP contribution in [0.5, 0.6) is 0 Å². The second-order valence-electron chi connectivity index (χ2n) is 4.52. The highest BCUT2D eigenvalue weighted by Crippen LogP contribution is 2.22. The zero-order chi connectivity index (χ0) is 14.5. The van der Waals surface area contributed by atoms with E-state index in [1.165, 1.54) is 4.88 Å². The van der Waals surface area contributed by atoms with Gasteiger partial charge in [0.25, 0.3) is 0 Å². The van der Waals surface area contributed by atoms with Crippen molar-refractivity contribution >= 4 is 22.9 Å². The van der Waals surface area contributed by atoms with Gasteiger partial charge in [-0.2, -0.15) is 4.98 Å². The fourth-order valence-corrected chi connectivity index (χ4v) is 2.98. The maximum atomic E-state index is 5.92. The highest BCUT2D eigenvalue weighted by molar-refractivity contribution is 7.16. The minimum absolute atomic E-state index is 0.140. The van der Waals surface area contributed by atoms with Gasteiger partial charge >= 0.3 is 0 Å². The number of thiophene rings is 1. The van der Waals surface area contributed by atoms with E-state index in [9.17, 15) is 0 Å². The quantitative estimate of drug-likeness (QED) is 0.782. The average Bonchev–Trinajstić information content (AvgIpc) is 2.99. The van der Waals surface area contributed by atoms with E-state index in [4.69, 9.17) is 20.9 Å². The van der Waals surface area contributed by atoms with E-state index in [2.05, 4.69) is 15.0 Å². The lowest BCUT2D eigenvalue weighted by Gasteiger charge is -2.12. The predicted molar refractivity (Wildman–Crippen MR) is 78.8 cm³/mol. The van der Waals surface area contributed by atoms with Crippen molar-refractivity contribution in [1.29, 1.82) is 0 Å². The topological polar surface area (TPSA) is 51.4 Å². The Morgan fingerprint density at radius 2 is 2.25 bits per heavy atom. The van der Waals surface area contributed by atoms with E-state index in [-0.39, 0.29) is 6.10 Å². The molecule has 0 aromatic carbocycles. The molecule has 2 heterocycles. The fourth-order valence-electron chi connectivity index (χ4n) is 1.81. The minimum Gasteiger partial charge on any atom is -0.371 e. The Hall–Kier alpha value is -0.950. The Kier molecular flexibility index (Phi) is 5.54. The number of rotatable bonds is 7. The van der Waals surface area contributed by atoms with E-state index in [1.54, 1.807) is 11.3 Å². The highest BCUT2D eigenvalue weighted by Gasteiger charge is 2.15. The van der Waals surface area contributed by atoms with E-state index in [0.29, 0.717) is 24.9 Å². The molecule has 110 valence electrons. The third-order valence-corrected chi connectivity index (χ3v) is 3.94. The monoisotopic (exact) mass is 315 g/mol. The Morgan fingerprint density at radius 3 is 2.90 bits per heavy atom. The molecular formula is C13H18ClN3O2S. The molecule has 0 fully saturated rings. The fraction of sp³-hybridized carbons (Fsp3) is 0.538. The molecule has 7 heteroatoms. The average molecular weight is 316 g/mol. The Balaban J connectivity index is 1.89. The van der Waals surface area contributed by atoms with Crippen molar-refractivity contribution in [2.75, 3.05) is 13.7 Å². The van der Waals surface area contributed by atoms with Crippen molar-refractivity contribution in [3.63, 3.8) is 0 Å². The van der Waals surface area contributed by atoms with Crippen molar-refractivity contribution in [3.05, 3.63) is 33.1 Å². The first kappa shape index (κ1) is 15.4. The molecule has 0 saturated heterocycles. The number of ether oxygens (including phenoxy) is 1. The van der Waals surface area contributed by atoms with Crippen LogP contribution < -0.4 is 0 Å². The van der Waals surface area contributed by atoms with Crippen molar-refractivity contribution in [3.8, 4) is 0 Å². The molecule has 0 saturated carbocycles. The van der Waals surface area contributed by atoms with Gasteiger partial charge in [-0.1, -0.05) is 16.8 Å². The first-order chi connectivity index (χ1) is 9.58. The summed E-state index contributed by atoms with van der Waals surface area (Å²) < 4.78 is 11.5. The van der Waals surface area contributed by atoms with Gasteiger partial charge in [0.15, 0.2) is 5.82 Å². The molecule has 0 aliphatic carbocycles. The lowest BCUT2D eigenvalue weighted by molar-refractivity contribution is 0.0683. The second-order valence-corrected chi connectivity index (χ2v) is 6.32. The SMILES string of the molecule is CCO[C@@H](C)c1noc(CN(C)Cc2ccc(Cl)s2)n1. The predicted octanol–water partition coefficient (Wildman–Crippen LogP) is 3.51. The molecular weight excluding hydrogens is 298 g/mol. The third kappa shape index (κ3) is 4.28. The van der Waals surface area contributed by atoms with Gasteiger partial charge in [-0.25, -0.2) is 0 Å². The highest BCUT2D eigenvalue weighted by atomic mass is 35.5. The number of nitrogens with zero attached hydrogens (tertiary/aromatic N) is 3. The molecule has 0 amide bonds. The maximum Gasteiger partial charge on any atom is 0.240 e. The Labute approximate surface area is 127 Å². The van der Waals surface area contributed by atoms with E-state index in [0.717, 1.165) is 10.9 Å². The number of halogens is 1. The maximum absolute atomic E-state index is 5.92. The molecule has 0 unspecified atom stereocenters. The Bertz CT molecular complexity index is 543. The number of aromatic nitrogens is 2. The molecule has 20 heavy (non-hydrogen) atoms. The minimum atomic E-state index is -0.140. The summed E-state index contributed by atoms with van der Waals surface area (Å²) in [6.07, 6.45) is -0.140. The molecule has 0 aliphatic heterocycles. The molecule has 0 spiro atoms. The lowest BCUT2D eigenvalue weighted by atomic mass is 10.4. The smallest absolute Gasteiger partial charge is 0.240 e. The number of hydrogen-bond donors (Lipinski definition) is 0. The van der Waals surface area contributed by atoms with Gasteiger partial charge in [-0.3, -0.25) is 4.90 Å². The van der Waals surface area contributed by atoms with E-state index < -0.39 is 0 Å². The van der Waals surface area contributed by atoms with Crippen molar-refractivity contribution in [1.82, 2.24) is 15.0 Å². The van der Waals surface area contributed by atoms with Crippen LogP contribution in [0.4, 0.5) is 0 Å². The Morgan fingerprint density at radius 1 is 1.45 bits per heavy atom. The summed E-state index contributed by atoms with van der Waals surface area (Å²) in [7, 11) is 2.00. The van der Waals surface area contributed by atoms with E-state index >= 15 is 0 Å². The molecule has 2 aromatic heterocycles. The third-order valence-electron chi connectivity index (χ3n) is 2.72. The van der Waals surface area contributed by atoms with Gasteiger partial charge in [0, 0.05) is 18.0 Å². The largest absolute Gasteiger partial charge is 0.371 e. The molecule has 0 bridgehead atoms. The zero-order valence-corrected chi connectivity index (χ0v) is 13.4. The molecule has 2 aromatic rings. The standard InChI is InChI=1S/C13H18ClN3O2S/c1-4-18-9(2)13-15-12(19-16-13)8-17(3)7-10-5-6-11(14)20-10/h5-6,9H,4,7-8H2,1-3H3/t9-/m0/s1. The lowest BCUT2D eigenvalue weighted by Crippen LogP contribution is -2.16. The van der Waals surface area contributed by atoms with Gasteiger partial charge in [0.1, 0.15) is 6.10 Å². The number of hydrogen-bond acceptors (Lipinski definition) is 6. The van der Waals surface area contributed by atoms with E-state index in [1.807, 2.05) is 33.0 Å². The van der Waals surface area contributed by atoms with Gasteiger partial charge in [0.2, 0.25) is 5.89 Å². The van der Waals surface area contributed by atoms with Crippen LogP contribution in [0.1, 0.15) is 36.5 Å². The van der Waals surface area contributed by atoms with Gasteiger partial charge in [-0.15, -0.1) is 11.3 Å². The van der Waals surface area contributed by atoms with Crippen LogP contribution in [0.2, 0.25) is 4.34 Å². The molecule has 0 radical (unpaired) electrons.